The minimum absolute atomic E-state index is 0.0117. The van der Waals surface area contributed by atoms with Crippen molar-refractivity contribution in [1.82, 2.24) is 4.90 Å². The summed E-state index contributed by atoms with van der Waals surface area (Å²) in [5.41, 5.74) is 0.566. The zero-order valence-corrected chi connectivity index (χ0v) is 18.5. The van der Waals surface area contributed by atoms with E-state index < -0.39 is 11.9 Å². The molecule has 2 heterocycles. The molecular weight excluding hydrogens is 451 g/mol. The first-order valence-corrected chi connectivity index (χ1v) is 10.9. The van der Waals surface area contributed by atoms with E-state index in [0.29, 0.717) is 29.6 Å². The van der Waals surface area contributed by atoms with Gasteiger partial charge in [0.1, 0.15) is 11.4 Å². The Kier molecular flexibility index (Phi) is 5.75. The van der Waals surface area contributed by atoms with Gasteiger partial charge in [-0.25, -0.2) is 4.39 Å². The molecule has 0 bridgehead atoms. The van der Waals surface area contributed by atoms with Crippen molar-refractivity contribution in [2.24, 2.45) is 0 Å². The smallest absolute Gasteiger partial charge is 0.291 e. The van der Waals surface area contributed by atoms with Gasteiger partial charge in [-0.2, -0.15) is 0 Å². The van der Waals surface area contributed by atoms with Crippen molar-refractivity contribution in [3.8, 4) is 0 Å². The lowest BCUT2D eigenvalue weighted by molar-refractivity contribution is -0.895. The molecule has 7 heteroatoms. The Morgan fingerprint density at radius 1 is 1.13 bits per heavy atom. The molecule has 3 aromatic rings. The van der Waals surface area contributed by atoms with Crippen LogP contribution < -0.4 is 10.3 Å². The largest absolute Gasteiger partial charge is 0.450 e. The van der Waals surface area contributed by atoms with Gasteiger partial charge in [0, 0.05) is 10.0 Å². The highest BCUT2D eigenvalue weighted by atomic mass is 79.9. The number of quaternary nitrogens is 1. The molecule has 0 aliphatic carbocycles. The zero-order valence-electron chi connectivity index (χ0n) is 16.9. The monoisotopic (exact) mass is 473 g/mol. The number of hydrogen-bond acceptors (Lipinski definition) is 3. The lowest BCUT2D eigenvalue weighted by Crippen LogP contribution is -3.12. The average molecular weight is 474 g/mol. The van der Waals surface area contributed by atoms with E-state index in [1.54, 1.807) is 41.3 Å². The summed E-state index contributed by atoms with van der Waals surface area (Å²) in [6.45, 7) is 7.12. The van der Waals surface area contributed by atoms with E-state index in [1.165, 1.54) is 11.0 Å². The third kappa shape index (κ3) is 3.46. The van der Waals surface area contributed by atoms with Crippen molar-refractivity contribution in [2.45, 2.75) is 19.9 Å². The minimum atomic E-state index is -0.803. The molecule has 1 atom stereocenters. The van der Waals surface area contributed by atoms with E-state index in [0.717, 1.165) is 17.6 Å². The van der Waals surface area contributed by atoms with Gasteiger partial charge in [-0.15, -0.1) is 0 Å². The molecular formula is C23H23BrFN2O3+. The maximum atomic E-state index is 14.8. The molecule has 0 saturated carbocycles. The number of carbonyl (C=O) groups is 1. The maximum absolute atomic E-state index is 14.8. The third-order valence-electron chi connectivity index (χ3n) is 5.83. The van der Waals surface area contributed by atoms with Crippen LogP contribution in [-0.4, -0.2) is 37.0 Å². The van der Waals surface area contributed by atoms with E-state index in [1.807, 2.05) is 0 Å². The Labute approximate surface area is 182 Å². The summed E-state index contributed by atoms with van der Waals surface area (Å²) in [4.78, 5) is 29.6. The molecule has 1 aliphatic rings. The number of likely N-dealkylation sites (N-methyl/N-ethyl adjacent to an activating group) is 1. The Bertz CT molecular complexity index is 1170. The molecule has 0 fully saturated rings. The van der Waals surface area contributed by atoms with E-state index in [-0.39, 0.29) is 22.7 Å². The van der Waals surface area contributed by atoms with E-state index in [9.17, 15) is 14.0 Å². The SMILES string of the molecule is CC[NH+](CC)CCN1C(=O)c2oc3ccc(Br)cc3c(=O)c2[C@H]1c1ccccc1F. The van der Waals surface area contributed by atoms with E-state index in [4.69, 9.17) is 4.42 Å². The molecule has 5 nitrogen and oxygen atoms in total. The average Bonchev–Trinajstić information content (AvgIpc) is 3.02. The van der Waals surface area contributed by atoms with Gasteiger partial charge < -0.3 is 14.2 Å². The van der Waals surface area contributed by atoms with Gasteiger partial charge in [0.05, 0.1) is 43.2 Å². The van der Waals surface area contributed by atoms with Crippen LogP contribution in [0.15, 0.2) is 56.1 Å². The van der Waals surface area contributed by atoms with Crippen LogP contribution in [0.4, 0.5) is 4.39 Å². The van der Waals surface area contributed by atoms with Crippen LogP contribution in [-0.2, 0) is 0 Å². The fourth-order valence-electron chi connectivity index (χ4n) is 4.13. The summed E-state index contributed by atoms with van der Waals surface area (Å²) in [6.07, 6.45) is 0. The van der Waals surface area contributed by atoms with Crippen LogP contribution in [0.1, 0.15) is 41.6 Å². The summed E-state index contributed by atoms with van der Waals surface area (Å²) in [5, 5.41) is 0.369. The molecule has 2 aromatic carbocycles. The van der Waals surface area contributed by atoms with Crippen molar-refractivity contribution in [3.63, 3.8) is 0 Å². The van der Waals surface area contributed by atoms with Gasteiger partial charge >= 0.3 is 0 Å². The quantitative estimate of drug-likeness (QED) is 0.598. The highest BCUT2D eigenvalue weighted by molar-refractivity contribution is 9.10. The Morgan fingerprint density at radius 3 is 2.57 bits per heavy atom. The number of hydrogen-bond donors (Lipinski definition) is 1. The van der Waals surface area contributed by atoms with Gasteiger partial charge in [0.2, 0.25) is 5.76 Å². The number of nitrogens with zero attached hydrogens (tertiary/aromatic N) is 1. The van der Waals surface area contributed by atoms with Crippen LogP contribution in [0, 0.1) is 5.82 Å². The molecule has 1 aliphatic heterocycles. The molecule has 0 unspecified atom stereocenters. The maximum Gasteiger partial charge on any atom is 0.291 e. The van der Waals surface area contributed by atoms with Crippen LogP contribution >= 0.6 is 15.9 Å². The predicted molar refractivity (Wildman–Crippen MR) is 116 cm³/mol. The number of nitrogens with one attached hydrogen (secondary N) is 1. The first-order chi connectivity index (χ1) is 14.5. The second-order valence-corrected chi connectivity index (χ2v) is 8.36. The number of carbonyl (C=O) groups excluding carboxylic acids is 1. The lowest BCUT2D eigenvalue weighted by atomic mass is 9.98. The summed E-state index contributed by atoms with van der Waals surface area (Å²) < 4.78 is 21.4. The lowest BCUT2D eigenvalue weighted by Gasteiger charge is -2.27. The fraction of sp³-hybridized carbons (Fsp3) is 0.304. The Balaban J connectivity index is 1.90. The highest BCUT2D eigenvalue weighted by Crippen LogP contribution is 2.38. The number of benzene rings is 2. The van der Waals surface area contributed by atoms with Crippen LogP contribution in [0.25, 0.3) is 11.0 Å². The molecule has 1 amide bonds. The van der Waals surface area contributed by atoms with Crippen molar-refractivity contribution in [2.75, 3.05) is 26.2 Å². The number of rotatable bonds is 6. The number of fused-ring (bicyclic) bond motifs is 2. The summed E-state index contributed by atoms with van der Waals surface area (Å²) in [6, 6.07) is 10.6. The van der Waals surface area contributed by atoms with Gasteiger partial charge in [-0.05, 0) is 38.1 Å². The molecule has 1 N–H and O–H groups in total. The highest BCUT2D eigenvalue weighted by Gasteiger charge is 2.43. The van der Waals surface area contributed by atoms with Crippen LogP contribution in [0.2, 0.25) is 0 Å². The molecule has 0 saturated heterocycles. The third-order valence-corrected chi connectivity index (χ3v) is 6.33. The first kappa shape index (κ1) is 20.8. The van der Waals surface area contributed by atoms with Crippen molar-refractivity contribution in [1.29, 1.82) is 0 Å². The topological polar surface area (TPSA) is 55.0 Å². The summed E-state index contributed by atoms with van der Waals surface area (Å²) >= 11 is 3.38. The van der Waals surface area contributed by atoms with Crippen LogP contribution in [0.3, 0.4) is 0 Å². The predicted octanol–water partition coefficient (Wildman–Crippen LogP) is 3.16. The van der Waals surface area contributed by atoms with Crippen LogP contribution in [0.5, 0.6) is 0 Å². The van der Waals surface area contributed by atoms with Gasteiger partial charge in [0.25, 0.3) is 5.91 Å². The van der Waals surface area contributed by atoms with E-state index in [2.05, 4.69) is 29.8 Å². The molecule has 156 valence electrons. The molecule has 0 radical (unpaired) electrons. The fourth-order valence-corrected chi connectivity index (χ4v) is 4.49. The van der Waals surface area contributed by atoms with E-state index >= 15 is 0 Å². The normalized spacial score (nSPS) is 16.0. The minimum Gasteiger partial charge on any atom is -0.450 e. The van der Waals surface area contributed by atoms with Gasteiger partial charge in [-0.1, -0.05) is 34.1 Å². The second kappa shape index (κ2) is 8.32. The van der Waals surface area contributed by atoms with Crippen molar-refractivity contribution < 1.29 is 18.5 Å². The Hall–Kier alpha value is -2.51. The summed E-state index contributed by atoms with van der Waals surface area (Å²) in [7, 11) is 0. The standard InChI is InChI=1S/C23H22BrFN2O3/c1-3-26(4-2)11-12-27-20(15-7-5-6-8-17(15)25)19-21(28)16-13-14(24)9-10-18(16)30-22(19)23(27)29/h5-10,13,20H,3-4,11-12H2,1-2H3/p+1/t20-/m1/s1. The number of amides is 1. The molecule has 0 spiro atoms. The Morgan fingerprint density at radius 2 is 1.87 bits per heavy atom. The molecule has 4 rings (SSSR count). The van der Waals surface area contributed by atoms with Gasteiger partial charge in [-0.3, -0.25) is 9.59 Å². The van der Waals surface area contributed by atoms with Gasteiger partial charge in [0.15, 0.2) is 5.43 Å². The molecule has 1 aromatic heterocycles. The summed E-state index contributed by atoms with van der Waals surface area (Å²) in [5.74, 6) is -0.804. The van der Waals surface area contributed by atoms with Crippen molar-refractivity contribution >= 4 is 32.8 Å². The second-order valence-electron chi connectivity index (χ2n) is 7.44. The number of halogens is 2. The first-order valence-electron chi connectivity index (χ1n) is 10.1. The van der Waals surface area contributed by atoms with Crippen molar-refractivity contribution in [3.05, 3.63) is 79.9 Å². The zero-order chi connectivity index (χ0) is 21.4. The molecule has 30 heavy (non-hydrogen) atoms.